The van der Waals surface area contributed by atoms with Crippen LogP contribution in [0.1, 0.15) is 11.6 Å². The van der Waals surface area contributed by atoms with Gasteiger partial charge in [0.25, 0.3) is 5.91 Å². The third-order valence-corrected chi connectivity index (χ3v) is 4.18. The molecular weight excluding hydrogens is 355 g/mol. The van der Waals surface area contributed by atoms with E-state index in [1.165, 1.54) is 24.4 Å². The van der Waals surface area contributed by atoms with Crippen molar-refractivity contribution in [1.82, 2.24) is 4.98 Å². The molecule has 1 saturated heterocycles. The first-order valence-corrected chi connectivity index (χ1v) is 7.63. The van der Waals surface area contributed by atoms with Crippen molar-refractivity contribution in [3.8, 4) is 0 Å². The molecule has 2 heterocycles. The van der Waals surface area contributed by atoms with Gasteiger partial charge in [0.15, 0.2) is 0 Å². The van der Waals surface area contributed by atoms with Crippen molar-refractivity contribution in [3.05, 3.63) is 58.2 Å². The number of Topliss-reactive ketones (excluding diaryl/α,β-unsaturated/α-hetero) is 1. The highest BCUT2D eigenvalue weighted by Gasteiger charge is 2.53. The average molecular weight is 365 g/mol. The summed E-state index contributed by atoms with van der Waals surface area (Å²) < 4.78 is 0. The minimum atomic E-state index is -1.53. The Balaban J connectivity index is 2.16. The van der Waals surface area contributed by atoms with E-state index in [4.69, 9.17) is 23.2 Å². The molecule has 2 atom stereocenters. The standard InChI is InChI=1S/C16H10Cl2N2O4/c17-9-3-1-2-8(6-9)13-12(16(23)24)14(21)15(22)20(13)11-5-4-10(18)7-19-11/h1-7,12-13H,(H,23,24). The summed E-state index contributed by atoms with van der Waals surface area (Å²) in [6.07, 6.45) is 1.32. The number of anilines is 1. The van der Waals surface area contributed by atoms with Crippen LogP contribution in [0, 0.1) is 5.92 Å². The largest absolute Gasteiger partial charge is 0.481 e. The molecule has 3 rings (SSSR count). The maximum Gasteiger partial charge on any atom is 0.317 e. The van der Waals surface area contributed by atoms with Crippen LogP contribution >= 0.6 is 23.2 Å². The first kappa shape index (κ1) is 16.4. The van der Waals surface area contributed by atoms with Crippen LogP contribution in [0.3, 0.4) is 0 Å². The number of halogens is 2. The fourth-order valence-electron chi connectivity index (χ4n) is 2.71. The van der Waals surface area contributed by atoms with Gasteiger partial charge in [-0.25, -0.2) is 4.98 Å². The van der Waals surface area contributed by atoms with E-state index in [1.54, 1.807) is 18.2 Å². The first-order chi connectivity index (χ1) is 11.4. The Morgan fingerprint density at radius 3 is 2.46 bits per heavy atom. The maximum absolute atomic E-state index is 12.4. The molecule has 1 aromatic heterocycles. The second-order valence-corrected chi connectivity index (χ2v) is 6.06. The molecule has 1 fully saturated rings. The zero-order valence-corrected chi connectivity index (χ0v) is 13.5. The van der Waals surface area contributed by atoms with E-state index in [-0.39, 0.29) is 5.82 Å². The van der Waals surface area contributed by atoms with Crippen LogP contribution in [-0.2, 0) is 14.4 Å². The summed E-state index contributed by atoms with van der Waals surface area (Å²) in [7, 11) is 0. The molecule has 0 saturated carbocycles. The van der Waals surface area contributed by atoms with E-state index >= 15 is 0 Å². The third kappa shape index (κ3) is 2.74. The summed E-state index contributed by atoms with van der Waals surface area (Å²) in [5, 5.41) is 10.2. The number of benzene rings is 1. The number of carbonyl (C=O) groups is 3. The molecule has 0 bridgehead atoms. The Labute approximate surface area is 146 Å². The number of carboxylic acids is 1. The number of aliphatic carboxylic acids is 1. The van der Waals surface area contributed by atoms with Gasteiger partial charge in [-0.15, -0.1) is 0 Å². The summed E-state index contributed by atoms with van der Waals surface area (Å²) >= 11 is 11.8. The highest BCUT2D eigenvalue weighted by Crippen LogP contribution is 2.39. The van der Waals surface area contributed by atoms with E-state index in [2.05, 4.69) is 4.98 Å². The van der Waals surface area contributed by atoms with Crippen LogP contribution in [0.5, 0.6) is 0 Å². The Morgan fingerprint density at radius 2 is 1.88 bits per heavy atom. The zero-order chi connectivity index (χ0) is 17.4. The molecule has 8 heteroatoms. The number of ketones is 1. The van der Waals surface area contributed by atoms with E-state index < -0.39 is 29.6 Å². The van der Waals surface area contributed by atoms with Crippen molar-refractivity contribution in [1.29, 1.82) is 0 Å². The van der Waals surface area contributed by atoms with Crippen LogP contribution in [0.25, 0.3) is 0 Å². The Bertz CT molecular complexity index is 838. The van der Waals surface area contributed by atoms with Crippen molar-refractivity contribution in [2.45, 2.75) is 6.04 Å². The lowest BCUT2D eigenvalue weighted by molar-refractivity contribution is -0.147. The molecule has 1 aromatic carbocycles. The molecule has 0 radical (unpaired) electrons. The summed E-state index contributed by atoms with van der Waals surface area (Å²) in [6.45, 7) is 0. The zero-order valence-electron chi connectivity index (χ0n) is 12.0. The number of hydrogen-bond donors (Lipinski definition) is 1. The minimum Gasteiger partial charge on any atom is -0.481 e. The van der Waals surface area contributed by atoms with E-state index in [0.717, 1.165) is 4.90 Å². The Hall–Kier alpha value is -2.44. The lowest BCUT2D eigenvalue weighted by Crippen LogP contribution is -2.31. The highest BCUT2D eigenvalue weighted by atomic mass is 35.5. The van der Waals surface area contributed by atoms with E-state index in [1.807, 2.05) is 0 Å². The number of carboxylic acid groups (broad SMARTS) is 1. The van der Waals surface area contributed by atoms with Gasteiger partial charge in [-0.3, -0.25) is 19.3 Å². The lowest BCUT2D eigenvalue weighted by atomic mass is 9.93. The minimum absolute atomic E-state index is 0.145. The number of amides is 1. The molecule has 24 heavy (non-hydrogen) atoms. The van der Waals surface area contributed by atoms with Crippen LogP contribution in [0.2, 0.25) is 10.0 Å². The molecule has 2 aromatic rings. The lowest BCUT2D eigenvalue weighted by Gasteiger charge is -2.25. The van der Waals surface area contributed by atoms with Gasteiger partial charge in [-0.1, -0.05) is 35.3 Å². The van der Waals surface area contributed by atoms with Gasteiger partial charge >= 0.3 is 5.97 Å². The topological polar surface area (TPSA) is 87.6 Å². The predicted molar refractivity (Wildman–Crippen MR) is 87.1 cm³/mol. The molecule has 122 valence electrons. The highest BCUT2D eigenvalue weighted by molar-refractivity contribution is 6.47. The quantitative estimate of drug-likeness (QED) is 0.668. The van der Waals surface area contributed by atoms with Crippen LogP contribution in [0.15, 0.2) is 42.6 Å². The maximum atomic E-state index is 12.4. The van der Waals surface area contributed by atoms with Gasteiger partial charge in [0.05, 0.1) is 11.1 Å². The molecule has 0 aliphatic carbocycles. The van der Waals surface area contributed by atoms with Gasteiger partial charge in [0.1, 0.15) is 11.7 Å². The molecule has 2 unspecified atom stereocenters. The van der Waals surface area contributed by atoms with E-state index in [9.17, 15) is 19.5 Å². The van der Waals surface area contributed by atoms with Gasteiger partial charge in [-0.2, -0.15) is 0 Å². The summed E-state index contributed by atoms with van der Waals surface area (Å²) in [4.78, 5) is 41.3. The van der Waals surface area contributed by atoms with Crippen molar-refractivity contribution in [2.75, 3.05) is 4.90 Å². The molecule has 1 amide bonds. The normalized spacial score (nSPS) is 20.5. The summed E-state index contributed by atoms with van der Waals surface area (Å²) in [5.41, 5.74) is 0.436. The number of carbonyl (C=O) groups excluding carboxylic acids is 2. The third-order valence-electron chi connectivity index (χ3n) is 3.72. The SMILES string of the molecule is O=C(O)C1C(=O)C(=O)N(c2ccc(Cl)cn2)C1c1cccc(Cl)c1. The monoisotopic (exact) mass is 364 g/mol. The number of nitrogens with zero attached hydrogens (tertiary/aromatic N) is 2. The first-order valence-electron chi connectivity index (χ1n) is 6.87. The van der Waals surface area contributed by atoms with Crippen molar-refractivity contribution in [2.24, 2.45) is 5.92 Å². The fourth-order valence-corrected chi connectivity index (χ4v) is 3.02. The molecule has 6 nitrogen and oxygen atoms in total. The fraction of sp³-hybridized carbons (Fsp3) is 0.125. The molecule has 1 N–H and O–H groups in total. The molecule has 0 spiro atoms. The van der Waals surface area contributed by atoms with Gasteiger partial charge < -0.3 is 5.11 Å². The molecule has 1 aliphatic rings. The van der Waals surface area contributed by atoms with E-state index in [0.29, 0.717) is 15.6 Å². The summed E-state index contributed by atoms with van der Waals surface area (Å²) in [5.74, 6) is -4.69. The molecule has 1 aliphatic heterocycles. The smallest absolute Gasteiger partial charge is 0.317 e. The van der Waals surface area contributed by atoms with Crippen LogP contribution in [-0.4, -0.2) is 27.8 Å². The Morgan fingerprint density at radius 1 is 1.12 bits per heavy atom. The number of pyridine rings is 1. The van der Waals surface area contributed by atoms with Crippen molar-refractivity contribution in [3.63, 3.8) is 0 Å². The van der Waals surface area contributed by atoms with Gasteiger partial charge in [-0.05, 0) is 29.8 Å². The van der Waals surface area contributed by atoms with Crippen LogP contribution in [0.4, 0.5) is 5.82 Å². The molecular formula is C16H10Cl2N2O4. The second-order valence-electron chi connectivity index (χ2n) is 5.19. The van der Waals surface area contributed by atoms with Gasteiger partial charge in [0.2, 0.25) is 5.78 Å². The Kier molecular flexibility index (Phi) is 4.26. The van der Waals surface area contributed by atoms with Crippen LogP contribution < -0.4 is 4.90 Å². The van der Waals surface area contributed by atoms with Gasteiger partial charge in [0, 0.05) is 11.2 Å². The number of hydrogen-bond acceptors (Lipinski definition) is 4. The second kappa shape index (κ2) is 6.22. The van der Waals surface area contributed by atoms with Crippen molar-refractivity contribution < 1.29 is 19.5 Å². The van der Waals surface area contributed by atoms with Crippen molar-refractivity contribution >= 4 is 46.7 Å². The summed E-state index contributed by atoms with van der Waals surface area (Å²) in [6, 6.07) is 8.30. The predicted octanol–water partition coefficient (Wildman–Crippen LogP) is 2.75. The average Bonchev–Trinajstić information content (AvgIpc) is 2.80. The number of aromatic nitrogens is 1. The number of rotatable bonds is 3.